The highest BCUT2D eigenvalue weighted by Crippen LogP contribution is 2.45. The summed E-state index contributed by atoms with van der Waals surface area (Å²) in [7, 11) is 0. The van der Waals surface area contributed by atoms with Gasteiger partial charge in [0.2, 0.25) is 0 Å². The Morgan fingerprint density at radius 3 is 2.66 bits per heavy atom. The predicted molar refractivity (Wildman–Crippen MR) is 125 cm³/mol. The third kappa shape index (κ3) is 3.36. The van der Waals surface area contributed by atoms with Crippen molar-refractivity contribution in [3.05, 3.63) is 64.5 Å². The van der Waals surface area contributed by atoms with Gasteiger partial charge < -0.3 is 15.4 Å². The third-order valence-electron chi connectivity index (χ3n) is 7.33. The molecule has 3 heterocycles. The van der Waals surface area contributed by atoms with Crippen LogP contribution in [0, 0.1) is 0 Å². The highest BCUT2D eigenvalue weighted by Gasteiger charge is 2.49. The number of aliphatic hydroxyl groups is 1. The lowest BCUT2D eigenvalue weighted by molar-refractivity contribution is 0.0714. The molecule has 1 aliphatic heterocycles. The Morgan fingerprint density at radius 1 is 1.16 bits per heavy atom. The van der Waals surface area contributed by atoms with E-state index in [1.165, 1.54) is 22.3 Å². The number of aromatic nitrogens is 2. The molecule has 0 unspecified atom stereocenters. The number of hydrogen-bond donors (Lipinski definition) is 3. The van der Waals surface area contributed by atoms with Gasteiger partial charge in [-0.15, -0.1) is 0 Å². The number of benzene rings is 1. The van der Waals surface area contributed by atoms with Crippen LogP contribution in [0.3, 0.4) is 0 Å². The second kappa shape index (κ2) is 6.79. The highest BCUT2D eigenvalue weighted by atomic mass is 16.3. The Bertz CT molecular complexity index is 1230. The molecule has 1 saturated carbocycles. The predicted octanol–water partition coefficient (Wildman–Crippen LogP) is 4.36. The zero-order chi connectivity index (χ0) is 22.1. The van der Waals surface area contributed by atoms with E-state index in [9.17, 15) is 9.90 Å². The number of carbonyl (C=O) groups is 1. The first-order valence-electron chi connectivity index (χ1n) is 11.7. The molecule has 5 heteroatoms. The lowest BCUT2D eigenvalue weighted by Crippen LogP contribution is -2.43. The first-order chi connectivity index (χ1) is 15.3. The number of aryl methyl sites for hydroxylation is 2. The molecule has 3 aromatic rings. The lowest BCUT2D eigenvalue weighted by Gasteiger charge is -2.24. The van der Waals surface area contributed by atoms with Gasteiger partial charge in [-0.25, -0.2) is 0 Å². The minimum absolute atomic E-state index is 0.0107. The summed E-state index contributed by atoms with van der Waals surface area (Å²) in [6.07, 6.45) is 8.45. The number of nitrogens with zero attached hydrogens (tertiary/aromatic N) is 1. The van der Waals surface area contributed by atoms with Crippen molar-refractivity contribution in [3.63, 3.8) is 0 Å². The summed E-state index contributed by atoms with van der Waals surface area (Å²) in [5.74, 6) is 0.0978. The molecule has 0 bridgehead atoms. The number of H-pyrrole nitrogens is 1. The number of carbonyl (C=O) groups excluding carboxylic acids is 1. The van der Waals surface area contributed by atoms with Gasteiger partial charge in [-0.2, -0.15) is 0 Å². The zero-order valence-corrected chi connectivity index (χ0v) is 18.7. The van der Waals surface area contributed by atoms with Crippen LogP contribution in [0.1, 0.15) is 65.9 Å². The van der Waals surface area contributed by atoms with Gasteiger partial charge in [0.1, 0.15) is 0 Å². The Labute approximate surface area is 188 Å². The molecular formula is C27H29N3O2. The standard InChI is InChI=1S/C27H29N3O2/c1-26(2,32)10-9-16-3-5-17(6-4-16)21-13-20-18(15-28-21)7-8-19-23-22(29-24(19)20)14-27(11-12-27)30-25(23)31/h3-6,13,15,29,32H,7-12,14H2,1-2H3,(H,30,31). The van der Waals surface area contributed by atoms with Crippen LogP contribution < -0.4 is 5.32 Å². The van der Waals surface area contributed by atoms with Crippen LogP contribution in [-0.2, 0) is 25.7 Å². The van der Waals surface area contributed by atoms with Crippen molar-refractivity contribution in [2.75, 3.05) is 0 Å². The van der Waals surface area contributed by atoms with Crippen LogP contribution in [0.4, 0.5) is 0 Å². The molecule has 1 aromatic carbocycles. The molecular weight excluding hydrogens is 398 g/mol. The second-order valence-electron chi connectivity index (χ2n) is 10.5. The van der Waals surface area contributed by atoms with Crippen LogP contribution in [0.2, 0.25) is 0 Å². The van der Waals surface area contributed by atoms with E-state index in [1.807, 2.05) is 20.0 Å². The summed E-state index contributed by atoms with van der Waals surface area (Å²) < 4.78 is 0. The molecule has 0 radical (unpaired) electrons. The van der Waals surface area contributed by atoms with Gasteiger partial charge in [0.25, 0.3) is 5.91 Å². The molecule has 1 spiro atoms. The number of fused-ring (bicyclic) bond motifs is 5. The molecule has 2 aliphatic carbocycles. The van der Waals surface area contributed by atoms with Crippen LogP contribution in [0.25, 0.3) is 22.5 Å². The van der Waals surface area contributed by atoms with Crippen molar-refractivity contribution in [2.45, 2.75) is 69.9 Å². The van der Waals surface area contributed by atoms with E-state index in [0.717, 1.165) is 73.2 Å². The van der Waals surface area contributed by atoms with Crippen molar-refractivity contribution in [3.8, 4) is 22.5 Å². The van der Waals surface area contributed by atoms with Crippen LogP contribution in [-0.4, -0.2) is 32.1 Å². The number of aromatic amines is 1. The quantitative estimate of drug-likeness (QED) is 0.579. The summed E-state index contributed by atoms with van der Waals surface area (Å²) in [5, 5.41) is 13.2. The summed E-state index contributed by atoms with van der Waals surface area (Å²) in [4.78, 5) is 21.3. The number of hydrogen-bond acceptors (Lipinski definition) is 3. The first-order valence-corrected chi connectivity index (χ1v) is 11.7. The van der Waals surface area contributed by atoms with Gasteiger partial charge in [0.05, 0.1) is 22.6 Å². The van der Waals surface area contributed by atoms with Crippen molar-refractivity contribution in [1.82, 2.24) is 15.3 Å². The van der Waals surface area contributed by atoms with Crippen LogP contribution in [0.15, 0.2) is 36.5 Å². The minimum atomic E-state index is -0.651. The monoisotopic (exact) mass is 427 g/mol. The molecule has 1 amide bonds. The van der Waals surface area contributed by atoms with E-state index in [0.29, 0.717) is 0 Å². The molecule has 3 aliphatic rings. The van der Waals surface area contributed by atoms with Gasteiger partial charge in [-0.3, -0.25) is 9.78 Å². The summed E-state index contributed by atoms with van der Waals surface area (Å²) in [5.41, 5.74) is 9.29. The molecule has 32 heavy (non-hydrogen) atoms. The number of rotatable bonds is 4. The SMILES string of the molecule is CC(C)(O)CCc1ccc(-c2cc3c(cn2)CCc2c-3[nH]c3c2C(=O)NC2(CC2)C3)cc1. The molecule has 164 valence electrons. The molecule has 5 nitrogen and oxygen atoms in total. The van der Waals surface area contributed by atoms with Crippen LogP contribution in [0.5, 0.6) is 0 Å². The van der Waals surface area contributed by atoms with E-state index in [2.05, 4.69) is 40.6 Å². The van der Waals surface area contributed by atoms with E-state index in [-0.39, 0.29) is 11.4 Å². The van der Waals surface area contributed by atoms with Crippen molar-refractivity contribution >= 4 is 5.91 Å². The van der Waals surface area contributed by atoms with Crippen molar-refractivity contribution in [2.24, 2.45) is 0 Å². The average molecular weight is 428 g/mol. The molecule has 3 N–H and O–H groups in total. The first kappa shape index (κ1) is 19.7. The fourth-order valence-electron chi connectivity index (χ4n) is 5.25. The largest absolute Gasteiger partial charge is 0.390 e. The molecule has 0 atom stereocenters. The van der Waals surface area contributed by atoms with E-state index < -0.39 is 5.60 Å². The topological polar surface area (TPSA) is 78.0 Å². The Morgan fingerprint density at radius 2 is 1.94 bits per heavy atom. The van der Waals surface area contributed by atoms with Crippen molar-refractivity contribution < 1.29 is 9.90 Å². The number of pyridine rings is 1. The van der Waals surface area contributed by atoms with Crippen LogP contribution >= 0.6 is 0 Å². The summed E-state index contributed by atoms with van der Waals surface area (Å²) in [6.45, 7) is 3.69. The van der Waals surface area contributed by atoms with Gasteiger partial charge in [-0.05, 0) is 75.1 Å². The fourth-order valence-corrected chi connectivity index (χ4v) is 5.25. The smallest absolute Gasteiger partial charge is 0.253 e. The maximum Gasteiger partial charge on any atom is 0.253 e. The number of nitrogens with one attached hydrogen (secondary N) is 2. The Balaban J connectivity index is 1.33. The average Bonchev–Trinajstić information content (AvgIpc) is 3.38. The lowest BCUT2D eigenvalue weighted by atomic mass is 9.87. The number of amides is 1. The maximum atomic E-state index is 12.9. The molecule has 0 saturated heterocycles. The Hall–Kier alpha value is -2.92. The summed E-state index contributed by atoms with van der Waals surface area (Å²) in [6, 6.07) is 10.6. The second-order valence-corrected chi connectivity index (χ2v) is 10.5. The molecule has 2 aromatic heterocycles. The van der Waals surface area contributed by atoms with Crippen molar-refractivity contribution in [1.29, 1.82) is 0 Å². The van der Waals surface area contributed by atoms with Gasteiger partial charge in [0.15, 0.2) is 0 Å². The van der Waals surface area contributed by atoms with Gasteiger partial charge in [0, 0.05) is 35.0 Å². The fraction of sp³-hybridized carbons (Fsp3) is 0.407. The van der Waals surface area contributed by atoms with Gasteiger partial charge in [-0.1, -0.05) is 24.3 Å². The minimum Gasteiger partial charge on any atom is -0.390 e. The van der Waals surface area contributed by atoms with E-state index >= 15 is 0 Å². The van der Waals surface area contributed by atoms with E-state index in [1.54, 1.807) is 0 Å². The molecule has 6 rings (SSSR count). The third-order valence-corrected chi connectivity index (χ3v) is 7.33. The van der Waals surface area contributed by atoms with E-state index in [4.69, 9.17) is 4.98 Å². The zero-order valence-electron chi connectivity index (χ0n) is 18.7. The summed E-state index contributed by atoms with van der Waals surface area (Å²) >= 11 is 0. The normalized spacial score (nSPS) is 18.0. The Kier molecular flexibility index (Phi) is 4.19. The van der Waals surface area contributed by atoms with Gasteiger partial charge >= 0.3 is 0 Å². The maximum absolute atomic E-state index is 12.9. The highest BCUT2D eigenvalue weighted by molar-refractivity contribution is 6.01. The molecule has 1 fully saturated rings.